The summed E-state index contributed by atoms with van der Waals surface area (Å²) in [4.78, 5) is 14.6. The van der Waals surface area contributed by atoms with E-state index in [1.54, 1.807) is 0 Å². The highest BCUT2D eigenvalue weighted by Crippen LogP contribution is 2.29. The van der Waals surface area contributed by atoms with Gasteiger partial charge in [0.05, 0.1) is 6.04 Å². The Bertz CT molecular complexity index is 631. The second kappa shape index (κ2) is 6.13. The van der Waals surface area contributed by atoms with E-state index in [9.17, 15) is 4.79 Å². The molecule has 4 heteroatoms. The fourth-order valence-electron chi connectivity index (χ4n) is 3.23. The maximum atomic E-state index is 12.7. The molecule has 3 rings (SSSR count). The standard InChI is InChI=1S/C18H24N2O2/c1-12-10-15(8-9-19-12)18(21)20(3)13(2)17-11-14-6-4-5-7-16(14)22-17/h4-7,11-13,15,19H,8-10H2,1-3H3/t12-,13?,15-/m0/s1. The highest BCUT2D eigenvalue weighted by molar-refractivity contribution is 5.80. The number of amides is 1. The minimum atomic E-state index is -0.0508. The average Bonchev–Trinajstić information content (AvgIpc) is 2.96. The average molecular weight is 300 g/mol. The number of carbonyl (C=O) groups excluding carboxylic acids is 1. The van der Waals surface area contributed by atoms with Crippen LogP contribution in [0.4, 0.5) is 0 Å². The molecule has 1 N–H and O–H groups in total. The molecule has 2 aromatic rings. The molecule has 1 unspecified atom stereocenters. The van der Waals surface area contributed by atoms with Crippen molar-refractivity contribution in [3.63, 3.8) is 0 Å². The summed E-state index contributed by atoms with van der Waals surface area (Å²) in [7, 11) is 1.88. The Kier molecular flexibility index (Phi) is 4.21. The summed E-state index contributed by atoms with van der Waals surface area (Å²) in [6.07, 6.45) is 1.83. The third-order valence-corrected chi connectivity index (χ3v) is 4.76. The van der Waals surface area contributed by atoms with Crippen molar-refractivity contribution in [3.8, 4) is 0 Å². The number of hydrogen-bond donors (Lipinski definition) is 1. The van der Waals surface area contributed by atoms with Crippen LogP contribution in [0.25, 0.3) is 11.0 Å². The van der Waals surface area contributed by atoms with Crippen molar-refractivity contribution >= 4 is 16.9 Å². The number of hydrogen-bond acceptors (Lipinski definition) is 3. The van der Waals surface area contributed by atoms with Crippen LogP contribution in [-0.2, 0) is 4.79 Å². The molecule has 1 aromatic carbocycles. The summed E-state index contributed by atoms with van der Waals surface area (Å²) < 4.78 is 5.90. The highest BCUT2D eigenvalue weighted by atomic mass is 16.3. The fraction of sp³-hybridized carbons (Fsp3) is 0.500. The Morgan fingerprint density at radius 2 is 2.18 bits per heavy atom. The summed E-state index contributed by atoms with van der Waals surface area (Å²) in [5.74, 6) is 1.19. The van der Waals surface area contributed by atoms with E-state index in [1.165, 1.54) is 0 Å². The molecule has 3 atom stereocenters. The van der Waals surface area contributed by atoms with Crippen LogP contribution in [0, 0.1) is 5.92 Å². The maximum Gasteiger partial charge on any atom is 0.226 e. The van der Waals surface area contributed by atoms with E-state index in [0.717, 1.165) is 36.1 Å². The first-order valence-corrected chi connectivity index (χ1v) is 8.05. The normalized spacial score (nSPS) is 23.4. The third kappa shape index (κ3) is 2.88. The van der Waals surface area contributed by atoms with Gasteiger partial charge >= 0.3 is 0 Å². The van der Waals surface area contributed by atoms with E-state index in [4.69, 9.17) is 4.42 Å². The number of para-hydroxylation sites is 1. The minimum absolute atomic E-state index is 0.0508. The minimum Gasteiger partial charge on any atom is -0.459 e. The van der Waals surface area contributed by atoms with Gasteiger partial charge in [-0.2, -0.15) is 0 Å². The maximum absolute atomic E-state index is 12.7. The van der Waals surface area contributed by atoms with E-state index in [1.807, 2.05) is 49.2 Å². The van der Waals surface area contributed by atoms with Crippen LogP contribution < -0.4 is 5.32 Å². The molecule has 1 aliphatic heterocycles. The number of benzene rings is 1. The van der Waals surface area contributed by atoms with Crippen molar-refractivity contribution < 1.29 is 9.21 Å². The predicted molar refractivity (Wildman–Crippen MR) is 87.6 cm³/mol. The molecule has 2 heterocycles. The number of nitrogens with one attached hydrogen (secondary N) is 1. The molecule has 0 bridgehead atoms. The lowest BCUT2D eigenvalue weighted by Gasteiger charge is -2.32. The lowest BCUT2D eigenvalue weighted by atomic mass is 9.91. The van der Waals surface area contributed by atoms with Gasteiger partial charge in [0.25, 0.3) is 0 Å². The summed E-state index contributed by atoms with van der Waals surface area (Å²) in [5, 5.41) is 4.48. The lowest BCUT2D eigenvalue weighted by Crippen LogP contribution is -2.43. The van der Waals surface area contributed by atoms with Gasteiger partial charge < -0.3 is 14.6 Å². The van der Waals surface area contributed by atoms with Crippen LogP contribution in [0.1, 0.15) is 38.5 Å². The zero-order valence-electron chi connectivity index (χ0n) is 13.5. The molecule has 1 amide bonds. The lowest BCUT2D eigenvalue weighted by molar-refractivity contribution is -0.137. The summed E-state index contributed by atoms with van der Waals surface area (Å²) in [6, 6.07) is 10.4. The number of fused-ring (bicyclic) bond motifs is 1. The molecule has 0 radical (unpaired) electrons. The van der Waals surface area contributed by atoms with Crippen LogP contribution in [-0.4, -0.2) is 30.4 Å². The Balaban J connectivity index is 1.75. The van der Waals surface area contributed by atoms with E-state index < -0.39 is 0 Å². The Labute approximate surface area is 131 Å². The van der Waals surface area contributed by atoms with E-state index in [0.29, 0.717) is 6.04 Å². The zero-order chi connectivity index (χ0) is 15.7. The number of rotatable bonds is 3. The molecule has 1 saturated heterocycles. The number of nitrogens with zero attached hydrogens (tertiary/aromatic N) is 1. The van der Waals surface area contributed by atoms with Gasteiger partial charge in [0, 0.05) is 24.4 Å². The first kappa shape index (κ1) is 15.1. The molecule has 1 aromatic heterocycles. The molecule has 0 saturated carbocycles. The zero-order valence-corrected chi connectivity index (χ0v) is 13.5. The quantitative estimate of drug-likeness (QED) is 0.945. The Morgan fingerprint density at radius 1 is 1.41 bits per heavy atom. The van der Waals surface area contributed by atoms with Gasteiger partial charge in [0.2, 0.25) is 5.91 Å². The molecule has 118 valence electrons. The van der Waals surface area contributed by atoms with Gasteiger partial charge in [0.15, 0.2) is 0 Å². The molecule has 1 aliphatic rings. The van der Waals surface area contributed by atoms with Crippen molar-refractivity contribution in [2.75, 3.05) is 13.6 Å². The molecular weight excluding hydrogens is 276 g/mol. The van der Waals surface area contributed by atoms with Crippen LogP contribution in [0.2, 0.25) is 0 Å². The molecule has 0 spiro atoms. The monoisotopic (exact) mass is 300 g/mol. The van der Waals surface area contributed by atoms with Crippen molar-refractivity contribution in [1.29, 1.82) is 0 Å². The summed E-state index contributed by atoms with van der Waals surface area (Å²) >= 11 is 0. The molecule has 0 aliphatic carbocycles. The van der Waals surface area contributed by atoms with Gasteiger partial charge in [-0.1, -0.05) is 18.2 Å². The topological polar surface area (TPSA) is 45.5 Å². The van der Waals surface area contributed by atoms with Crippen molar-refractivity contribution in [2.24, 2.45) is 5.92 Å². The van der Waals surface area contributed by atoms with E-state index in [-0.39, 0.29) is 17.9 Å². The molecule has 4 nitrogen and oxygen atoms in total. The largest absolute Gasteiger partial charge is 0.459 e. The second-order valence-corrected chi connectivity index (χ2v) is 6.39. The van der Waals surface area contributed by atoms with Crippen molar-refractivity contribution in [2.45, 2.75) is 38.8 Å². The first-order chi connectivity index (χ1) is 10.6. The molecule has 22 heavy (non-hydrogen) atoms. The SMILES string of the molecule is CC(c1cc2ccccc2o1)N(C)C(=O)[C@H]1CCN[C@@H](C)C1. The van der Waals surface area contributed by atoms with Gasteiger partial charge in [-0.3, -0.25) is 4.79 Å². The van der Waals surface area contributed by atoms with Crippen LogP contribution in [0.15, 0.2) is 34.7 Å². The Hall–Kier alpha value is -1.81. The van der Waals surface area contributed by atoms with Gasteiger partial charge in [0.1, 0.15) is 11.3 Å². The molecular formula is C18H24N2O2. The van der Waals surface area contributed by atoms with Crippen LogP contribution >= 0.6 is 0 Å². The van der Waals surface area contributed by atoms with Crippen LogP contribution in [0.5, 0.6) is 0 Å². The first-order valence-electron chi connectivity index (χ1n) is 8.05. The van der Waals surface area contributed by atoms with Gasteiger partial charge in [-0.25, -0.2) is 0 Å². The second-order valence-electron chi connectivity index (χ2n) is 6.39. The fourth-order valence-corrected chi connectivity index (χ4v) is 3.23. The number of carbonyl (C=O) groups is 1. The summed E-state index contributed by atoms with van der Waals surface area (Å²) in [6.45, 7) is 5.09. The highest BCUT2D eigenvalue weighted by Gasteiger charge is 2.30. The number of furan rings is 1. The van der Waals surface area contributed by atoms with E-state index in [2.05, 4.69) is 12.2 Å². The number of piperidine rings is 1. The van der Waals surface area contributed by atoms with Crippen molar-refractivity contribution in [3.05, 3.63) is 36.1 Å². The third-order valence-electron chi connectivity index (χ3n) is 4.76. The smallest absolute Gasteiger partial charge is 0.226 e. The predicted octanol–water partition coefficient (Wildman–Crippen LogP) is 3.34. The molecule has 1 fully saturated rings. The van der Waals surface area contributed by atoms with Crippen LogP contribution in [0.3, 0.4) is 0 Å². The van der Waals surface area contributed by atoms with E-state index >= 15 is 0 Å². The van der Waals surface area contributed by atoms with Gasteiger partial charge in [-0.05, 0) is 45.4 Å². The van der Waals surface area contributed by atoms with Crippen molar-refractivity contribution in [1.82, 2.24) is 10.2 Å². The van der Waals surface area contributed by atoms with Gasteiger partial charge in [-0.15, -0.1) is 0 Å². The Morgan fingerprint density at radius 3 is 2.91 bits per heavy atom. The summed E-state index contributed by atoms with van der Waals surface area (Å²) in [5.41, 5.74) is 0.876.